The number of pyridine rings is 1. The van der Waals surface area contributed by atoms with Crippen LogP contribution in [0, 0.1) is 5.82 Å². The number of ether oxygens (including phenoxy) is 1. The fourth-order valence-corrected chi connectivity index (χ4v) is 4.28. The second-order valence-corrected chi connectivity index (χ2v) is 8.38. The molecule has 1 aromatic carbocycles. The van der Waals surface area contributed by atoms with E-state index in [-0.39, 0.29) is 16.9 Å². The Labute approximate surface area is 192 Å². The van der Waals surface area contributed by atoms with Crippen molar-refractivity contribution in [3.05, 3.63) is 58.2 Å². The van der Waals surface area contributed by atoms with Crippen LogP contribution in [0.25, 0.3) is 11.1 Å². The molecule has 2 atom stereocenters. The zero-order chi connectivity index (χ0) is 22.3. The molecular weight excluding hydrogens is 438 g/mol. The highest BCUT2D eigenvalue weighted by Gasteiger charge is 2.35. The predicted molar refractivity (Wildman–Crippen MR) is 121 cm³/mol. The summed E-state index contributed by atoms with van der Waals surface area (Å²) in [5, 5.41) is 6.88. The van der Waals surface area contributed by atoms with Gasteiger partial charge in [-0.1, -0.05) is 28.4 Å². The van der Waals surface area contributed by atoms with Gasteiger partial charge >= 0.3 is 0 Å². The molecule has 156 valence electrons. The molecule has 31 heavy (non-hydrogen) atoms. The molecule has 3 N–H and O–H groups in total. The van der Waals surface area contributed by atoms with Gasteiger partial charge in [0.2, 0.25) is 0 Å². The predicted octanol–water partition coefficient (Wildman–Crippen LogP) is 3.71. The summed E-state index contributed by atoms with van der Waals surface area (Å²) in [6.07, 6.45) is 4.47. The zero-order valence-corrected chi connectivity index (χ0v) is 18.2. The molecule has 0 aliphatic carbocycles. The normalized spacial score (nSPS) is 18.8. The minimum atomic E-state index is -0.893. The molecule has 0 bridgehead atoms. The quantitative estimate of drug-likeness (QED) is 0.453. The lowest BCUT2D eigenvalue weighted by Crippen LogP contribution is -2.26. The number of halogens is 3. The molecule has 1 fully saturated rings. The molecule has 6 nitrogen and oxygen atoms in total. The Morgan fingerprint density at radius 1 is 1.32 bits per heavy atom. The third-order valence-corrected chi connectivity index (χ3v) is 6.03. The molecule has 3 heterocycles. The highest BCUT2D eigenvalue weighted by Crippen LogP contribution is 2.38. The summed E-state index contributed by atoms with van der Waals surface area (Å²) < 4.78 is 21.6. The number of nitrogens with two attached hydrogens (primary N) is 1. The van der Waals surface area contributed by atoms with E-state index >= 15 is 0 Å². The Morgan fingerprint density at radius 3 is 2.81 bits per heavy atom. The molecule has 0 spiro atoms. The molecule has 4 rings (SSSR count). The fraction of sp³-hybridized carbons (Fsp3) is 0.300. The molecule has 0 saturated carbocycles. The maximum Gasteiger partial charge on any atom is 0.166 e. The lowest BCUT2D eigenvalue weighted by atomic mass is 9.52. The first-order chi connectivity index (χ1) is 14.7. The van der Waals surface area contributed by atoms with Crippen molar-refractivity contribution in [1.29, 1.82) is 0 Å². The Bertz CT molecular complexity index is 1130. The number of hydrogen-bond donors (Lipinski definition) is 2. The molecule has 0 amide bonds. The lowest BCUT2D eigenvalue weighted by Gasteiger charge is -2.26. The topological polar surface area (TPSA) is 78.0 Å². The SMILES string of the molecule is [B]C1([B])CNCC1n1cc(-c2cnc(N)c(OC(C)c3c(Cl)ccc(F)c3Cl)c2)cn1. The number of anilines is 1. The van der Waals surface area contributed by atoms with Crippen LogP contribution in [-0.4, -0.2) is 43.5 Å². The number of benzene rings is 1. The standard InChI is InChI=1S/C20H18B2Cl2FN5O/c1-10(17-13(23)2-3-14(25)18(17)24)31-15-4-11(5-28-19(15)26)12-6-29-30(8-12)16-7-27-9-20(16,21)22/h2-6,8,10,16,27H,7,9H2,1H3,(H2,26,28). The van der Waals surface area contributed by atoms with E-state index in [0.29, 0.717) is 29.4 Å². The van der Waals surface area contributed by atoms with Gasteiger partial charge in [-0.25, -0.2) is 9.37 Å². The van der Waals surface area contributed by atoms with E-state index in [1.807, 2.05) is 6.20 Å². The minimum Gasteiger partial charge on any atom is -0.482 e. The van der Waals surface area contributed by atoms with Crippen LogP contribution in [-0.2, 0) is 0 Å². The fourth-order valence-electron chi connectivity index (χ4n) is 3.60. The van der Waals surface area contributed by atoms with Crippen LogP contribution in [0.4, 0.5) is 10.2 Å². The van der Waals surface area contributed by atoms with E-state index in [1.165, 1.54) is 12.1 Å². The summed E-state index contributed by atoms with van der Waals surface area (Å²) >= 11 is 12.3. The Kier molecular flexibility index (Phi) is 5.94. The van der Waals surface area contributed by atoms with Crippen LogP contribution < -0.4 is 15.8 Å². The molecule has 1 aliphatic rings. The van der Waals surface area contributed by atoms with Crippen molar-refractivity contribution >= 4 is 44.7 Å². The third kappa shape index (κ3) is 4.27. The third-order valence-electron chi connectivity index (χ3n) is 5.31. The van der Waals surface area contributed by atoms with E-state index in [4.69, 9.17) is 49.4 Å². The van der Waals surface area contributed by atoms with E-state index in [9.17, 15) is 4.39 Å². The van der Waals surface area contributed by atoms with Gasteiger partial charge in [-0.15, -0.1) is 0 Å². The Hall–Kier alpha value is -2.22. The number of rotatable bonds is 5. The first-order valence-electron chi connectivity index (χ1n) is 9.56. The van der Waals surface area contributed by atoms with Gasteiger partial charge in [-0.2, -0.15) is 5.10 Å². The van der Waals surface area contributed by atoms with Crippen molar-refractivity contribution in [3.63, 3.8) is 0 Å². The van der Waals surface area contributed by atoms with Crippen molar-refractivity contribution in [2.45, 2.75) is 24.3 Å². The van der Waals surface area contributed by atoms with Crippen LogP contribution in [0.2, 0.25) is 15.3 Å². The van der Waals surface area contributed by atoms with Crippen LogP contribution in [0.1, 0.15) is 24.6 Å². The summed E-state index contributed by atoms with van der Waals surface area (Å²) in [4.78, 5) is 4.21. The maximum atomic E-state index is 13.9. The van der Waals surface area contributed by atoms with Crippen LogP contribution >= 0.6 is 23.2 Å². The molecule has 11 heteroatoms. The molecule has 2 unspecified atom stereocenters. The minimum absolute atomic E-state index is 0.0961. The summed E-state index contributed by atoms with van der Waals surface area (Å²) in [7, 11) is 12.3. The van der Waals surface area contributed by atoms with Crippen molar-refractivity contribution in [3.8, 4) is 16.9 Å². The Morgan fingerprint density at radius 2 is 2.10 bits per heavy atom. The number of nitrogen functional groups attached to an aromatic ring is 1. The summed E-state index contributed by atoms with van der Waals surface area (Å²) in [5.41, 5.74) is 7.85. The molecule has 1 aliphatic heterocycles. The van der Waals surface area contributed by atoms with Crippen molar-refractivity contribution in [2.24, 2.45) is 0 Å². The van der Waals surface area contributed by atoms with Gasteiger partial charge in [-0.3, -0.25) is 4.68 Å². The second kappa shape index (κ2) is 8.37. The first-order valence-corrected chi connectivity index (χ1v) is 10.3. The van der Waals surface area contributed by atoms with Crippen LogP contribution in [0.15, 0.2) is 36.8 Å². The number of aromatic nitrogens is 3. The largest absolute Gasteiger partial charge is 0.482 e. The molecular formula is C20H18B2Cl2FN5O. The van der Waals surface area contributed by atoms with Crippen LogP contribution in [0.3, 0.4) is 0 Å². The highest BCUT2D eigenvalue weighted by molar-refractivity contribution is 6.40. The van der Waals surface area contributed by atoms with Gasteiger partial charge in [0.05, 0.1) is 33.0 Å². The van der Waals surface area contributed by atoms with Gasteiger partial charge in [0.1, 0.15) is 11.9 Å². The molecule has 4 radical (unpaired) electrons. The summed E-state index contributed by atoms with van der Waals surface area (Å²) in [5.74, 6) is -0.0979. The number of nitrogens with one attached hydrogen (secondary N) is 1. The van der Waals surface area contributed by atoms with Crippen molar-refractivity contribution in [2.75, 3.05) is 18.8 Å². The summed E-state index contributed by atoms with van der Waals surface area (Å²) in [6, 6.07) is 4.17. The second-order valence-electron chi connectivity index (χ2n) is 7.59. The highest BCUT2D eigenvalue weighted by atomic mass is 35.5. The van der Waals surface area contributed by atoms with E-state index in [0.717, 1.165) is 11.1 Å². The van der Waals surface area contributed by atoms with Gasteiger partial charge in [0, 0.05) is 40.7 Å². The molecule has 3 aromatic rings. The molecule has 2 aromatic heterocycles. The monoisotopic (exact) mass is 455 g/mol. The van der Waals surface area contributed by atoms with Crippen LogP contribution in [0.5, 0.6) is 5.75 Å². The average molecular weight is 456 g/mol. The Balaban J connectivity index is 1.61. The number of nitrogens with zero attached hydrogens (tertiary/aromatic N) is 3. The zero-order valence-electron chi connectivity index (χ0n) is 16.6. The summed E-state index contributed by atoms with van der Waals surface area (Å²) in [6.45, 7) is 2.82. The maximum absolute atomic E-state index is 13.9. The lowest BCUT2D eigenvalue weighted by molar-refractivity contribution is 0.227. The smallest absolute Gasteiger partial charge is 0.166 e. The van der Waals surface area contributed by atoms with E-state index in [1.54, 1.807) is 30.1 Å². The van der Waals surface area contributed by atoms with E-state index < -0.39 is 17.1 Å². The van der Waals surface area contributed by atoms with Gasteiger partial charge in [0.25, 0.3) is 0 Å². The number of hydrogen-bond acceptors (Lipinski definition) is 5. The van der Waals surface area contributed by atoms with Gasteiger partial charge < -0.3 is 15.8 Å². The average Bonchev–Trinajstić information content (AvgIpc) is 3.32. The van der Waals surface area contributed by atoms with Crippen molar-refractivity contribution < 1.29 is 9.13 Å². The van der Waals surface area contributed by atoms with E-state index in [2.05, 4.69) is 15.4 Å². The molecule has 1 saturated heterocycles. The first kappa shape index (κ1) is 22.0. The van der Waals surface area contributed by atoms with Crippen molar-refractivity contribution in [1.82, 2.24) is 20.1 Å². The van der Waals surface area contributed by atoms with Gasteiger partial charge in [0.15, 0.2) is 11.6 Å². The van der Waals surface area contributed by atoms with Gasteiger partial charge in [-0.05, 0) is 31.7 Å².